The number of hydrogen-bond donors (Lipinski definition) is 2. The third-order valence-corrected chi connectivity index (χ3v) is 3.56. The van der Waals surface area contributed by atoms with E-state index in [4.69, 9.17) is 5.73 Å². The first-order valence-corrected chi connectivity index (χ1v) is 7.38. The van der Waals surface area contributed by atoms with Gasteiger partial charge in [0.15, 0.2) is 0 Å². The monoisotopic (exact) mass is 277 g/mol. The maximum atomic E-state index is 11.9. The number of nitrogens with two attached hydrogens (primary N) is 1. The average Bonchev–Trinajstić information content (AvgIpc) is 2.41. The van der Waals surface area contributed by atoms with Crippen LogP contribution >= 0.6 is 0 Å². The molecule has 0 radical (unpaired) electrons. The largest absolute Gasteiger partial charge is 0.372 e. The predicted octanol–water partition coefficient (Wildman–Crippen LogP) is 2.84. The summed E-state index contributed by atoms with van der Waals surface area (Å²) in [7, 11) is 0. The van der Waals surface area contributed by atoms with Crippen molar-refractivity contribution < 1.29 is 4.79 Å². The number of nitrogens with zero attached hydrogens (tertiary/aromatic N) is 1. The molecule has 0 bridgehead atoms. The van der Waals surface area contributed by atoms with Crippen molar-refractivity contribution in [2.45, 2.75) is 40.2 Å². The number of benzene rings is 1. The molecule has 1 unspecified atom stereocenters. The lowest BCUT2D eigenvalue weighted by molar-refractivity contribution is -0.116. The molecule has 1 aromatic carbocycles. The Morgan fingerprint density at radius 2 is 1.75 bits per heavy atom. The first-order valence-electron chi connectivity index (χ1n) is 7.38. The molecule has 0 saturated carbocycles. The SMILES string of the molecule is CCN(CC)c1ccc(NC(=O)CC(N)C(C)C)cc1. The number of amides is 1. The standard InChI is InChI=1S/C16H27N3O/c1-5-19(6-2)14-9-7-13(8-10-14)18-16(20)11-15(17)12(3)4/h7-10,12,15H,5-6,11,17H2,1-4H3,(H,18,20). The highest BCUT2D eigenvalue weighted by molar-refractivity contribution is 5.91. The smallest absolute Gasteiger partial charge is 0.225 e. The van der Waals surface area contributed by atoms with E-state index < -0.39 is 0 Å². The highest BCUT2D eigenvalue weighted by atomic mass is 16.1. The molecule has 4 nitrogen and oxygen atoms in total. The summed E-state index contributed by atoms with van der Waals surface area (Å²) < 4.78 is 0. The Labute approximate surface area is 122 Å². The second-order valence-electron chi connectivity index (χ2n) is 5.38. The van der Waals surface area contributed by atoms with Crippen LogP contribution in [-0.4, -0.2) is 25.0 Å². The maximum absolute atomic E-state index is 11.9. The molecule has 1 amide bonds. The Morgan fingerprint density at radius 3 is 2.20 bits per heavy atom. The van der Waals surface area contributed by atoms with Crippen LogP contribution in [0.4, 0.5) is 11.4 Å². The van der Waals surface area contributed by atoms with Crippen molar-refractivity contribution in [3.05, 3.63) is 24.3 Å². The summed E-state index contributed by atoms with van der Waals surface area (Å²) in [6, 6.07) is 7.85. The Balaban J connectivity index is 2.59. The summed E-state index contributed by atoms with van der Waals surface area (Å²) in [5.74, 6) is 0.285. The summed E-state index contributed by atoms with van der Waals surface area (Å²) >= 11 is 0. The van der Waals surface area contributed by atoms with Crippen LogP contribution in [0.1, 0.15) is 34.1 Å². The van der Waals surface area contributed by atoms with Gasteiger partial charge < -0.3 is 16.0 Å². The summed E-state index contributed by atoms with van der Waals surface area (Å²) in [5.41, 5.74) is 7.90. The van der Waals surface area contributed by atoms with Gasteiger partial charge in [0.1, 0.15) is 0 Å². The molecular weight excluding hydrogens is 250 g/mol. The Kier molecular flexibility index (Phi) is 6.52. The normalized spacial score (nSPS) is 12.3. The lowest BCUT2D eigenvalue weighted by Gasteiger charge is -2.21. The number of carbonyl (C=O) groups excluding carboxylic acids is 1. The Morgan fingerprint density at radius 1 is 1.20 bits per heavy atom. The van der Waals surface area contributed by atoms with E-state index in [2.05, 4.69) is 24.1 Å². The van der Waals surface area contributed by atoms with Crippen molar-refractivity contribution in [2.75, 3.05) is 23.3 Å². The molecule has 0 aliphatic heterocycles. The number of hydrogen-bond acceptors (Lipinski definition) is 3. The van der Waals surface area contributed by atoms with Gasteiger partial charge in [-0.25, -0.2) is 0 Å². The van der Waals surface area contributed by atoms with Crippen molar-refractivity contribution >= 4 is 17.3 Å². The molecule has 20 heavy (non-hydrogen) atoms. The topological polar surface area (TPSA) is 58.4 Å². The van der Waals surface area contributed by atoms with Gasteiger partial charge in [-0.05, 0) is 44.0 Å². The second-order valence-corrected chi connectivity index (χ2v) is 5.38. The van der Waals surface area contributed by atoms with Crippen LogP contribution < -0.4 is 16.0 Å². The molecule has 0 aliphatic carbocycles. The zero-order valence-electron chi connectivity index (χ0n) is 13.0. The van der Waals surface area contributed by atoms with Gasteiger partial charge in [0.25, 0.3) is 0 Å². The van der Waals surface area contributed by atoms with E-state index in [1.165, 1.54) is 5.69 Å². The summed E-state index contributed by atoms with van der Waals surface area (Å²) in [6.45, 7) is 10.3. The molecule has 1 rings (SSSR count). The van der Waals surface area contributed by atoms with E-state index in [0.717, 1.165) is 18.8 Å². The van der Waals surface area contributed by atoms with Gasteiger partial charge in [-0.1, -0.05) is 13.8 Å². The number of carbonyl (C=O) groups is 1. The fraction of sp³-hybridized carbons (Fsp3) is 0.562. The number of nitrogens with one attached hydrogen (secondary N) is 1. The zero-order valence-corrected chi connectivity index (χ0v) is 13.0. The van der Waals surface area contributed by atoms with Crippen LogP contribution in [0, 0.1) is 5.92 Å². The van der Waals surface area contributed by atoms with E-state index >= 15 is 0 Å². The van der Waals surface area contributed by atoms with Crippen LogP contribution in [0.3, 0.4) is 0 Å². The van der Waals surface area contributed by atoms with Crippen LogP contribution in [0.5, 0.6) is 0 Å². The molecule has 0 fully saturated rings. The summed E-state index contributed by atoms with van der Waals surface area (Å²) in [5, 5.41) is 2.89. The first-order chi connectivity index (χ1) is 9.47. The lowest BCUT2D eigenvalue weighted by atomic mass is 10.0. The zero-order chi connectivity index (χ0) is 15.1. The predicted molar refractivity (Wildman–Crippen MR) is 86.1 cm³/mol. The van der Waals surface area contributed by atoms with Crippen molar-refractivity contribution in [3.63, 3.8) is 0 Å². The quantitative estimate of drug-likeness (QED) is 0.805. The van der Waals surface area contributed by atoms with Gasteiger partial charge in [-0.3, -0.25) is 4.79 Å². The Bertz CT molecular complexity index is 410. The van der Waals surface area contributed by atoms with Gasteiger partial charge in [-0.2, -0.15) is 0 Å². The summed E-state index contributed by atoms with van der Waals surface area (Å²) in [4.78, 5) is 14.1. The lowest BCUT2D eigenvalue weighted by Crippen LogP contribution is -2.31. The number of anilines is 2. The second kappa shape index (κ2) is 7.90. The van der Waals surface area contributed by atoms with E-state index in [1.807, 2.05) is 38.1 Å². The highest BCUT2D eigenvalue weighted by Gasteiger charge is 2.13. The van der Waals surface area contributed by atoms with Crippen molar-refractivity contribution in [1.82, 2.24) is 0 Å². The molecule has 0 saturated heterocycles. The van der Waals surface area contributed by atoms with E-state index in [-0.39, 0.29) is 11.9 Å². The summed E-state index contributed by atoms with van der Waals surface area (Å²) in [6.07, 6.45) is 0.357. The van der Waals surface area contributed by atoms with Gasteiger partial charge in [0, 0.05) is 36.9 Å². The minimum atomic E-state index is -0.0926. The van der Waals surface area contributed by atoms with Gasteiger partial charge in [0.05, 0.1) is 0 Å². The van der Waals surface area contributed by atoms with Crippen LogP contribution in [0.15, 0.2) is 24.3 Å². The molecule has 3 N–H and O–H groups in total. The molecule has 0 spiro atoms. The average molecular weight is 277 g/mol. The van der Waals surface area contributed by atoms with E-state index in [1.54, 1.807) is 0 Å². The minimum Gasteiger partial charge on any atom is -0.372 e. The van der Waals surface area contributed by atoms with Crippen LogP contribution in [0.2, 0.25) is 0 Å². The molecule has 1 aromatic rings. The Hall–Kier alpha value is -1.55. The molecule has 112 valence electrons. The first kappa shape index (κ1) is 16.5. The number of rotatable bonds is 7. The van der Waals surface area contributed by atoms with E-state index in [0.29, 0.717) is 12.3 Å². The third kappa shape index (κ3) is 4.85. The molecule has 1 atom stereocenters. The molecule has 0 aliphatic rings. The molecule has 4 heteroatoms. The maximum Gasteiger partial charge on any atom is 0.225 e. The van der Waals surface area contributed by atoms with Gasteiger partial charge in [0.2, 0.25) is 5.91 Å². The minimum absolute atomic E-state index is 0.0261. The van der Waals surface area contributed by atoms with Crippen molar-refractivity contribution in [2.24, 2.45) is 11.7 Å². The van der Waals surface area contributed by atoms with Crippen molar-refractivity contribution in [1.29, 1.82) is 0 Å². The molecular formula is C16H27N3O. The van der Waals surface area contributed by atoms with Crippen LogP contribution in [-0.2, 0) is 4.79 Å². The fourth-order valence-corrected chi connectivity index (χ4v) is 2.01. The third-order valence-electron chi connectivity index (χ3n) is 3.56. The van der Waals surface area contributed by atoms with Crippen molar-refractivity contribution in [3.8, 4) is 0 Å². The van der Waals surface area contributed by atoms with Gasteiger partial charge in [-0.15, -0.1) is 0 Å². The fourth-order valence-electron chi connectivity index (χ4n) is 2.01. The van der Waals surface area contributed by atoms with Gasteiger partial charge >= 0.3 is 0 Å². The van der Waals surface area contributed by atoms with Crippen LogP contribution in [0.25, 0.3) is 0 Å². The molecule has 0 heterocycles. The highest BCUT2D eigenvalue weighted by Crippen LogP contribution is 2.18. The van der Waals surface area contributed by atoms with E-state index in [9.17, 15) is 4.79 Å². The molecule has 0 aromatic heterocycles.